The van der Waals surface area contributed by atoms with Crippen molar-refractivity contribution in [2.45, 2.75) is 20.0 Å². The molecule has 0 aromatic heterocycles. The highest BCUT2D eigenvalue weighted by Crippen LogP contribution is 2.12. The van der Waals surface area contributed by atoms with Gasteiger partial charge in [-0.1, -0.05) is 24.3 Å². The van der Waals surface area contributed by atoms with E-state index in [0.29, 0.717) is 0 Å². The first-order chi connectivity index (χ1) is 7.27. The van der Waals surface area contributed by atoms with Gasteiger partial charge < -0.3 is 10.4 Å². The summed E-state index contributed by atoms with van der Waals surface area (Å²) in [7, 11) is 1.95. The third kappa shape index (κ3) is 3.86. The normalized spacial score (nSPS) is 11.1. The fourth-order valence-corrected chi connectivity index (χ4v) is 1.41. The molecule has 0 heterocycles. The maximum absolute atomic E-state index is 9.12. The summed E-state index contributed by atoms with van der Waals surface area (Å²) < 4.78 is 0. The van der Waals surface area contributed by atoms with Gasteiger partial charge in [0.15, 0.2) is 0 Å². The van der Waals surface area contributed by atoms with E-state index in [1.54, 1.807) is 0 Å². The fourth-order valence-electron chi connectivity index (χ4n) is 1.41. The fraction of sp³-hybridized carbons (Fsp3) is 0.385. The topological polar surface area (TPSA) is 32.3 Å². The molecule has 1 rings (SSSR count). The summed E-state index contributed by atoms with van der Waals surface area (Å²) in [5, 5.41) is 12.2. The zero-order valence-electron chi connectivity index (χ0n) is 9.46. The van der Waals surface area contributed by atoms with Crippen LogP contribution in [0.15, 0.2) is 24.3 Å². The van der Waals surface area contributed by atoms with Gasteiger partial charge in [0.1, 0.15) is 0 Å². The largest absolute Gasteiger partial charge is 0.392 e. The van der Waals surface area contributed by atoms with E-state index in [9.17, 15) is 0 Å². The van der Waals surface area contributed by atoms with Gasteiger partial charge in [-0.15, -0.1) is 0 Å². The SMILES string of the molecule is CNCCC=Cc1ccc(C)c(CO)c1. The molecule has 0 atom stereocenters. The highest BCUT2D eigenvalue weighted by Gasteiger charge is 1.96. The number of aryl methyl sites for hydroxylation is 1. The Hall–Kier alpha value is -1.12. The second kappa shape index (κ2) is 6.38. The molecule has 82 valence electrons. The van der Waals surface area contributed by atoms with Crippen LogP contribution in [0.3, 0.4) is 0 Å². The van der Waals surface area contributed by atoms with Gasteiger partial charge in [-0.05, 0) is 49.7 Å². The molecular weight excluding hydrogens is 186 g/mol. The van der Waals surface area contributed by atoms with Crippen LogP contribution in [0.5, 0.6) is 0 Å². The second-order valence-corrected chi connectivity index (χ2v) is 3.64. The van der Waals surface area contributed by atoms with Crippen LogP contribution in [0.25, 0.3) is 6.08 Å². The third-order valence-electron chi connectivity index (χ3n) is 2.41. The van der Waals surface area contributed by atoms with Gasteiger partial charge in [0.2, 0.25) is 0 Å². The lowest BCUT2D eigenvalue weighted by molar-refractivity contribution is 0.281. The van der Waals surface area contributed by atoms with Gasteiger partial charge in [-0.2, -0.15) is 0 Å². The first-order valence-corrected chi connectivity index (χ1v) is 5.29. The number of rotatable bonds is 5. The molecular formula is C13H19NO. The average Bonchev–Trinajstić information content (AvgIpc) is 2.26. The maximum atomic E-state index is 9.12. The lowest BCUT2D eigenvalue weighted by Crippen LogP contribution is -2.05. The van der Waals surface area contributed by atoms with Crippen molar-refractivity contribution in [3.05, 3.63) is 41.0 Å². The molecule has 0 bridgehead atoms. The van der Waals surface area contributed by atoms with Crippen LogP contribution in [0.4, 0.5) is 0 Å². The Labute approximate surface area is 91.6 Å². The summed E-state index contributed by atoms with van der Waals surface area (Å²) in [5.41, 5.74) is 3.30. The van der Waals surface area contributed by atoms with E-state index >= 15 is 0 Å². The summed E-state index contributed by atoms with van der Waals surface area (Å²) in [6.07, 6.45) is 5.26. The number of hydrogen-bond acceptors (Lipinski definition) is 2. The van der Waals surface area contributed by atoms with E-state index in [1.165, 1.54) is 0 Å². The zero-order chi connectivity index (χ0) is 11.1. The van der Waals surface area contributed by atoms with Crippen molar-refractivity contribution in [3.63, 3.8) is 0 Å². The van der Waals surface area contributed by atoms with Crippen molar-refractivity contribution >= 4 is 6.08 Å². The van der Waals surface area contributed by atoms with Gasteiger partial charge in [0.25, 0.3) is 0 Å². The predicted molar refractivity (Wildman–Crippen MR) is 64.7 cm³/mol. The van der Waals surface area contributed by atoms with Gasteiger partial charge in [-0.25, -0.2) is 0 Å². The standard InChI is InChI=1S/C13H19NO/c1-11-6-7-12(9-13(11)10-15)5-3-4-8-14-2/h3,5-7,9,14-15H,4,8,10H2,1-2H3. The van der Waals surface area contributed by atoms with Crippen LogP contribution < -0.4 is 5.32 Å². The second-order valence-electron chi connectivity index (χ2n) is 3.64. The number of aliphatic hydroxyl groups is 1. The summed E-state index contributed by atoms with van der Waals surface area (Å²) in [4.78, 5) is 0. The Morgan fingerprint density at radius 3 is 2.87 bits per heavy atom. The van der Waals surface area contributed by atoms with E-state index in [4.69, 9.17) is 5.11 Å². The quantitative estimate of drug-likeness (QED) is 0.722. The lowest BCUT2D eigenvalue weighted by atomic mass is 10.1. The number of nitrogens with one attached hydrogen (secondary N) is 1. The number of hydrogen-bond donors (Lipinski definition) is 2. The van der Waals surface area contributed by atoms with E-state index in [2.05, 4.69) is 23.5 Å². The highest BCUT2D eigenvalue weighted by atomic mass is 16.3. The van der Waals surface area contributed by atoms with E-state index in [1.807, 2.05) is 26.1 Å². The first-order valence-electron chi connectivity index (χ1n) is 5.29. The molecule has 0 spiro atoms. The van der Waals surface area contributed by atoms with E-state index in [-0.39, 0.29) is 6.61 Å². The first kappa shape index (κ1) is 12.0. The summed E-state index contributed by atoms with van der Waals surface area (Å²) in [6.45, 7) is 3.12. The molecule has 2 nitrogen and oxygen atoms in total. The van der Waals surface area contributed by atoms with Crippen LogP contribution in [0.2, 0.25) is 0 Å². The average molecular weight is 205 g/mol. The Balaban J connectivity index is 2.65. The van der Waals surface area contributed by atoms with E-state index in [0.717, 1.165) is 29.7 Å². The minimum absolute atomic E-state index is 0.115. The number of benzene rings is 1. The minimum atomic E-state index is 0.115. The summed E-state index contributed by atoms with van der Waals surface area (Å²) >= 11 is 0. The molecule has 1 aromatic carbocycles. The Morgan fingerprint density at radius 1 is 1.40 bits per heavy atom. The molecule has 0 aliphatic rings. The van der Waals surface area contributed by atoms with Gasteiger partial charge in [0.05, 0.1) is 6.61 Å². The Kier molecular flexibility index (Phi) is 5.08. The van der Waals surface area contributed by atoms with Crippen molar-refractivity contribution in [1.29, 1.82) is 0 Å². The molecule has 0 aliphatic heterocycles. The van der Waals surface area contributed by atoms with Crippen LogP contribution in [-0.2, 0) is 6.61 Å². The molecule has 0 fully saturated rings. The van der Waals surface area contributed by atoms with Crippen molar-refractivity contribution in [1.82, 2.24) is 5.32 Å². The van der Waals surface area contributed by atoms with Crippen LogP contribution in [-0.4, -0.2) is 18.7 Å². The van der Waals surface area contributed by atoms with Crippen molar-refractivity contribution < 1.29 is 5.11 Å². The maximum Gasteiger partial charge on any atom is 0.0684 e. The zero-order valence-corrected chi connectivity index (χ0v) is 9.46. The van der Waals surface area contributed by atoms with Crippen molar-refractivity contribution in [2.24, 2.45) is 0 Å². The van der Waals surface area contributed by atoms with Crippen LogP contribution in [0, 0.1) is 6.92 Å². The smallest absolute Gasteiger partial charge is 0.0684 e. The molecule has 2 heteroatoms. The predicted octanol–water partition coefficient (Wildman–Crippen LogP) is 2.11. The summed E-state index contributed by atoms with van der Waals surface area (Å²) in [5.74, 6) is 0. The molecule has 0 radical (unpaired) electrons. The Bertz CT molecular complexity index is 331. The van der Waals surface area contributed by atoms with Crippen molar-refractivity contribution in [2.75, 3.05) is 13.6 Å². The lowest BCUT2D eigenvalue weighted by Gasteiger charge is -2.03. The molecule has 0 amide bonds. The Morgan fingerprint density at radius 2 is 2.20 bits per heavy atom. The van der Waals surface area contributed by atoms with Crippen molar-refractivity contribution in [3.8, 4) is 0 Å². The summed E-state index contributed by atoms with van der Waals surface area (Å²) in [6, 6.07) is 6.15. The van der Waals surface area contributed by atoms with E-state index < -0.39 is 0 Å². The molecule has 2 N–H and O–H groups in total. The molecule has 0 unspecified atom stereocenters. The monoisotopic (exact) mass is 205 g/mol. The molecule has 0 saturated heterocycles. The molecule has 0 saturated carbocycles. The number of aliphatic hydroxyl groups excluding tert-OH is 1. The van der Waals surface area contributed by atoms with Crippen LogP contribution >= 0.6 is 0 Å². The minimum Gasteiger partial charge on any atom is -0.392 e. The van der Waals surface area contributed by atoms with Crippen LogP contribution in [0.1, 0.15) is 23.1 Å². The molecule has 1 aromatic rings. The highest BCUT2D eigenvalue weighted by molar-refractivity contribution is 5.51. The molecule has 0 aliphatic carbocycles. The third-order valence-corrected chi connectivity index (χ3v) is 2.41. The van der Waals surface area contributed by atoms with Gasteiger partial charge >= 0.3 is 0 Å². The van der Waals surface area contributed by atoms with Gasteiger partial charge in [0, 0.05) is 0 Å². The van der Waals surface area contributed by atoms with Gasteiger partial charge in [-0.3, -0.25) is 0 Å². The molecule has 15 heavy (non-hydrogen) atoms.